The second-order valence-electron chi connectivity index (χ2n) is 4.68. The Kier molecular flexibility index (Phi) is 3.21. The first-order valence-electron chi connectivity index (χ1n) is 6.29. The van der Waals surface area contributed by atoms with Crippen LogP contribution < -0.4 is 10.6 Å². The minimum atomic E-state index is 0.383. The van der Waals surface area contributed by atoms with E-state index in [1.54, 1.807) is 12.5 Å². The molecule has 2 aromatic rings. The Balaban J connectivity index is 1.94. The van der Waals surface area contributed by atoms with E-state index >= 15 is 0 Å². The van der Waals surface area contributed by atoms with Crippen LogP contribution in [-0.4, -0.2) is 16.0 Å². The maximum Gasteiger partial charge on any atom is 0.139 e. The molecule has 5 heteroatoms. The van der Waals surface area contributed by atoms with Gasteiger partial charge < -0.3 is 15.1 Å². The lowest BCUT2D eigenvalue weighted by molar-refractivity contribution is 0.500. The van der Waals surface area contributed by atoms with Crippen LogP contribution in [0.25, 0.3) is 0 Å². The number of hydrogen-bond acceptors (Lipinski definition) is 4. The molecule has 0 aliphatic heterocycles. The number of furan rings is 1. The summed E-state index contributed by atoms with van der Waals surface area (Å²) < 4.78 is 5.43. The quantitative estimate of drug-likeness (QED) is 0.848. The summed E-state index contributed by atoms with van der Waals surface area (Å²) in [5.41, 5.74) is 6.62. The Morgan fingerprint density at radius 3 is 2.89 bits per heavy atom. The zero-order valence-corrected chi connectivity index (χ0v) is 11.3. The minimum absolute atomic E-state index is 0.383. The van der Waals surface area contributed by atoms with E-state index in [1.807, 2.05) is 24.3 Å². The van der Waals surface area contributed by atoms with E-state index in [4.69, 9.17) is 22.4 Å². The van der Waals surface area contributed by atoms with E-state index in [1.165, 1.54) is 12.8 Å². The van der Waals surface area contributed by atoms with Crippen LogP contribution >= 0.6 is 12.2 Å². The molecule has 0 unspecified atom stereocenters. The van der Waals surface area contributed by atoms with Gasteiger partial charge in [0.15, 0.2) is 0 Å². The maximum absolute atomic E-state index is 5.79. The van der Waals surface area contributed by atoms with E-state index in [0.717, 1.165) is 17.1 Å². The van der Waals surface area contributed by atoms with E-state index in [-0.39, 0.29) is 0 Å². The van der Waals surface area contributed by atoms with E-state index < -0.39 is 0 Å². The van der Waals surface area contributed by atoms with Gasteiger partial charge in [0.1, 0.15) is 16.6 Å². The van der Waals surface area contributed by atoms with Gasteiger partial charge in [0.05, 0.1) is 18.4 Å². The van der Waals surface area contributed by atoms with Crippen LogP contribution in [0.4, 0.5) is 5.82 Å². The van der Waals surface area contributed by atoms with Crippen LogP contribution in [0.1, 0.15) is 24.2 Å². The van der Waals surface area contributed by atoms with Crippen molar-refractivity contribution in [1.29, 1.82) is 0 Å². The molecule has 2 aromatic heterocycles. The fourth-order valence-electron chi connectivity index (χ4n) is 2.15. The van der Waals surface area contributed by atoms with Crippen molar-refractivity contribution in [2.24, 2.45) is 5.73 Å². The highest BCUT2D eigenvalue weighted by atomic mass is 32.1. The lowest BCUT2D eigenvalue weighted by atomic mass is 10.2. The minimum Gasteiger partial charge on any atom is -0.467 e. The summed E-state index contributed by atoms with van der Waals surface area (Å²) in [6, 6.07) is 8.15. The summed E-state index contributed by atoms with van der Waals surface area (Å²) in [5.74, 6) is 1.78. The zero-order valence-electron chi connectivity index (χ0n) is 10.5. The number of anilines is 1. The van der Waals surface area contributed by atoms with Gasteiger partial charge in [-0.15, -0.1) is 0 Å². The van der Waals surface area contributed by atoms with E-state index in [0.29, 0.717) is 17.6 Å². The molecule has 0 aromatic carbocycles. The van der Waals surface area contributed by atoms with Crippen LogP contribution in [0.2, 0.25) is 0 Å². The number of nitrogens with zero attached hydrogens (tertiary/aromatic N) is 2. The molecule has 2 heterocycles. The third kappa shape index (κ3) is 2.61. The molecule has 3 rings (SSSR count). The number of rotatable bonds is 5. The molecule has 1 aliphatic rings. The Morgan fingerprint density at radius 2 is 2.26 bits per heavy atom. The summed E-state index contributed by atoms with van der Waals surface area (Å²) >= 11 is 5.11. The molecule has 1 saturated carbocycles. The first kappa shape index (κ1) is 12.2. The number of hydrogen-bond donors (Lipinski definition) is 1. The van der Waals surface area contributed by atoms with Crippen LogP contribution in [0.3, 0.4) is 0 Å². The summed E-state index contributed by atoms with van der Waals surface area (Å²) in [6.45, 7) is 0.699. The van der Waals surface area contributed by atoms with Crippen LogP contribution in [0, 0.1) is 0 Å². The highest BCUT2D eigenvalue weighted by Gasteiger charge is 2.32. The lowest BCUT2D eigenvalue weighted by Gasteiger charge is -2.24. The largest absolute Gasteiger partial charge is 0.467 e. The van der Waals surface area contributed by atoms with Gasteiger partial charge in [-0.2, -0.15) is 0 Å². The summed E-state index contributed by atoms with van der Waals surface area (Å²) in [6.07, 6.45) is 5.81. The maximum atomic E-state index is 5.79. The SMILES string of the molecule is NC(=S)c1cccnc1N(Cc1ccco1)C1CC1. The predicted molar refractivity (Wildman–Crippen MR) is 78.0 cm³/mol. The average molecular weight is 273 g/mol. The molecule has 19 heavy (non-hydrogen) atoms. The number of aromatic nitrogens is 1. The topological polar surface area (TPSA) is 55.3 Å². The van der Waals surface area contributed by atoms with Crippen molar-refractivity contribution >= 4 is 23.0 Å². The van der Waals surface area contributed by atoms with Crippen molar-refractivity contribution in [1.82, 2.24) is 4.98 Å². The first-order chi connectivity index (χ1) is 9.25. The Hall–Kier alpha value is -1.88. The average Bonchev–Trinajstić information content (AvgIpc) is 3.13. The van der Waals surface area contributed by atoms with E-state index in [9.17, 15) is 0 Å². The third-order valence-electron chi connectivity index (χ3n) is 3.22. The van der Waals surface area contributed by atoms with E-state index in [2.05, 4.69) is 9.88 Å². The predicted octanol–water partition coefficient (Wildman–Crippen LogP) is 2.48. The molecule has 1 fully saturated rings. The molecule has 98 valence electrons. The number of thiocarbonyl (C=S) groups is 1. The summed E-state index contributed by atoms with van der Waals surface area (Å²) in [7, 11) is 0. The van der Waals surface area contributed by atoms with Crippen molar-refractivity contribution < 1.29 is 4.42 Å². The summed E-state index contributed by atoms with van der Waals surface area (Å²) in [4.78, 5) is 7.07. The van der Waals surface area contributed by atoms with Crippen molar-refractivity contribution in [2.45, 2.75) is 25.4 Å². The van der Waals surface area contributed by atoms with Gasteiger partial charge in [0.25, 0.3) is 0 Å². The second-order valence-corrected chi connectivity index (χ2v) is 5.12. The van der Waals surface area contributed by atoms with Gasteiger partial charge in [-0.25, -0.2) is 4.98 Å². The highest BCUT2D eigenvalue weighted by Crippen LogP contribution is 2.33. The van der Waals surface area contributed by atoms with Crippen molar-refractivity contribution in [3.05, 3.63) is 48.0 Å². The van der Waals surface area contributed by atoms with Crippen molar-refractivity contribution in [3.63, 3.8) is 0 Å². The van der Waals surface area contributed by atoms with Crippen molar-refractivity contribution in [2.75, 3.05) is 4.90 Å². The smallest absolute Gasteiger partial charge is 0.139 e. The molecule has 0 spiro atoms. The zero-order chi connectivity index (χ0) is 13.2. The molecule has 0 radical (unpaired) electrons. The molecule has 0 bridgehead atoms. The first-order valence-corrected chi connectivity index (χ1v) is 6.70. The second kappa shape index (κ2) is 5.01. The monoisotopic (exact) mass is 273 g/mol. The fraction of sp³-hybridized carbons (Fsp3) is 0.286. The van der Waals surface area contributed by atoms with Crippen LogP contribution in [0.15, 0.2) is 41.1 Å². The van der Waals surface area contributed by atoms with Gasteiger partial charge in [-0.1, -0.05) is 12.2 Å². The fourth-order valence-corrected chi connectivity index (χ4v) is 2.31. The normalized spacial score (nSPS) is 14.3. The molecule has 4 nitrogen and oxygen atoms in total. The standard InChI is InChI=1S/C14H15N3OS/c15-13(19)12-4-1-7-16-14(12)17(10-5-6-10)9-11-3-2-8-18-11/h1-4,7-8,10H,5-6,9H2,(H2,15,19). The molecule has 0 atom stereocenters. The molecule has 0 saturated heterocycles. The third-order valence-corrected chi connectivity index (χ3v) is 3.44. The molecule has 2 N–H and O–H groups in total. The number of nitrogens with two attached hydrogens (primary N) is 1. The number of pyridine rings is 1. The van der Waals surface area contributed by atoms with Crippen molar-refractivity contribution in [3.8, 4) is 0 Å². The Morgan fingerprint density at radius 1 is 1.42 bits per heavy atom. The lowest BCUT2D eigenvalue weighted by Crippen LogP contribution is -2.28. The van der Waals surface area contributed by atoms with Gasteiger partial charge in [-0.05, 0) is 37.1 Å². The molecular weight excluding hydrogens is 258 g/mol. The Bertz CT molecular complexity index is 578. The van der Waals surface area contributed by atoms with Gasteiger partial charge in [0, 0.05) is 12.2 Å². The Labute approximate surface area is 117 Å². The van der Waals surface area contributed by atoms with Crippen LogP contribution in [-0.2, 0) is 6.54 Å². The summed E-state index contributed by atoms with van der Waals surface area (Å²) in [5, 5.41) is 0. The molecule has 0 amide bonds. The van der Waals surface area contributed by atoms with Gasteiger partial charge in [0.2, 0.25) is 0 Å². The molecular formula is C14H15N3OS. The van der Waals surface area contributed by atoms with Gasteiger partial charge >= 0.3 is 0 Å². The molecule has 1 aliphatic carbocycles. The van der Waals surface area contributed by atoms with Gasteiger partial charge in [-0.3, -0.25) is 0 Å². The highest BCUT2D eigenvalue weighted by molar-refractivity contribution is 7.80. The van der Waals surface area contributed by atoms with Crippen LogP contribution in [0.5, 0.6) is 0 Å².